The first-order valence-corrected chi connectivity index (χ1v) is 7.21. The molecule has 2 rings (SSSR count). The topological polar surface area (TPSA) is 20.3 Å². The third-order valence-corrected chi connectivity index (χ3v) is 4.09. The first kappa shape index (κ1) is 13.5. The van der Waals surface area contributed by atoms with Crippen molar-refractivity contribution in [3.8, 4) is 0 Å². The van der Waals surface area contributed by atoms with Gasteiger partial charge < -0.3 is 4.90 Å². The van der Waals surface area contributed by atoms with Crippen molar-refractivity contribution >= 4 is 18.5 Å². The van der Waals surface area contributed by atoms with Crippen LogP contribution in [0.5, 0.6) is 0 Å². The number of hydrogen-bond acceptors (Lipinski definition) is 2. The van der Waals surface area contributed by atoms with Crippen molar-refractivity contribution in [1.29, 1.82) is 0 Å². The maximum Gasteiger partial charge on any atom is 0.223 e. The number of rotatable bonds is 4. The Kier molecular flexibility index (Phi) is 4.33. The van der Waals surface area contributed by atoms with E-state index in [-0.39, 0.29) is 5.91 Å². The first-order valence-electron chi connectivity index (χ1n) is 6.57. The number of carbonyl (C=O) groups excluding carboxylic acids is 1. The van der Waals surface area contributed by atoms with E-state index in [2.05, 4.69) is 50.7 Å². The summed E-state index contributed by atoms with van der Waals surface area (Å²) in [6.45, 7) is 5.97. The number of hydrogen-bond donors (Lipinski definition) is 1. The molecule has 3 heteroatoms. The fraction of sp³-hybridized carbons (Fsp3) is 0.533. The van der Waals surface area contributed by atoms with Gasteiger partial charge in [-0.05, 0) is 28.7 Å². The Hall–Kier alpha value is -0.960. The van der Waals surface area contributed by atoms with Crippen molar-refractivity contribution in [2.45, 2.75) is 32.7 Å². The van der Waals surface area contributed by atoms with Crippen molar-refractivity contribution in [1.82, 2.24) is 4.90 Å². The Labute approximate surface area is 115 Å². The highest BCUT2D eigenvalue weighted by atomic mass is 32.1. The predicted molar refractivity (Wildman–Crippen MR) is 77.9 cm³/mol. The van der Waals surface area contributed by atoms with Crippen LogP contribution in [0.3, 0.4) is 0 Å². The van der Waals surface area contributed by atoms with Gasteiger partial charge in [0.15, 0.2) is 0 Å². The van der Waals surface area contributed by atoms with Crippen LogP contribution in [0.2, 0.25) is 0 Å². The average Bonchev–Trinajstić information content (AvgIpc) is 2.71. The van der Waals surface area contributed by atoms with Gasteiger partial charge in [0.1, 0.15) is 0 Å². The van der Waals surface area contributed by atoms with Crippen LogP contribution >= 0.6 is 12.6 Å². The van der Waals surface area contributed by atoms with Crippen LogP contribution in [0.4, 0.5) is 0 Å². The molecule has 98 valence electrons. The number of likely N-dealkylation sites (tertiary alicyclic amines) is 1. The highest BCUT2D eigenvalue weighted by Gasteiger charge is 2.28. The molecule has 0 aliphatic carbocycles. The minimum Gasteiger partial charge on any atom is -0.338 e. The van der Waals surface area contributed by atoms with Gasteiger partial charge in [-0.3, -0.25) is 4.79 Å². The van der Waals surface area contributed by atoms with Crippen molar-refractivity contribution in [3.63, 3.8) is 0 Å². The van der Waals surface area contributed by atoms with Crippen molar-refractivity contribution in [2.75, 3.05) is 12.3 Å². The molecule has 1 aromatic carbocycles. The Balaban J connectivity index is 1.99. The van der Waals surface area contributed by atoms with Crippen molar-refractivity contribution in [3.05, 3.63) is 35.4 Å². The van der Waals surface area contributed by atoms with E-state index in [1.165, 1.54) is 11.1 Å². The largest absolute Gasteiger partial charge is 0.338 e. The van der Waals surface area contributed by atoms with Crippen LogP contribution in [0.25, 0.3) is 0 Å². The number of carbonyl (C=O) groups is 1. The molecule has 1 saturated heterocycles. The molecule has 1 fully saturated rings. The number of amides is 1. The minimum absolute atomic E-state index is 0.266. The second-order valence-corrected chi connectivity index (χ2v) is 5.79. The van der Waals surface area contributed by atoms with E-state index >= 15 is 0 Å². The molecule has 0 N–H and O–H groups in total. The molecule has 1 unspecified atom stereocenters. The second kappa shape index (κ2) is 5.79. The quantitative estimate of drug-likeness (QED) is 0.828. The third kappa shape index (κ3) is 3.08. The standard InChI is InChI=1S/C15H21NOS/c1-11(2)14-5-3-12(4-6-14)8-16-9-13(10-18)7-15(16)17/h3-6,11,13,18H,7-10H2,1-2H3. The van der Waals surface area contributed by atoms with E-state index in [1.807, 2.05) is 4.90 Å². The van der Waals surface area contributed by atoms with Gasteiger partial charge in [-0.15, -0.1) is 0 Å². The Morgan fingerprint density at radius 3 is 2.50 bits per heavy atom. The highest BCUT2D eigenvalue weighted by Crippen LogP contribution is 2.22. The van der Waals surface area contributed by atoms with Crippen LogP contribution in [0.1, 0.15) is 37.3 Å². The smallest absolute Gasteiger partial charge is 0.223 e. The molecular formula is C15H21NOS. The number of thiol groups is 1. The monoisotopic (exact) mass is 263 g/mol. The van der Waals surface area contributed by atoms with E-state index in [0.29, 0.717) is 18.3 Å². The van der Waals surface area contributed by atoms with Gasteiger partial charge in [-0.1, -0.05) is 38.1 Å². The Bertz CT molecular complexity index is 413. The zero-order chi connectivity index (χ0) is 13.1. The summed E-state index contributed by atoms with van der Waals surface area (Å²) >= 11 is 4.28. The fourth-order valence-electron chi connectivity index (χ4n) is 2.36. The molecule has 1 aliphatic rings. The molecule has 1 aliphatic heterocycles. The van der Waals surface area contributed by atoms with E-state index in [0.717, 1.165) is 18.8 Å². The van der Waals surface area contributed by atoms with Gasteiger partial charge in [0.05, 0.1) is 0 Å². The summed E-state index contributed by atoms with van der Waals surface area (Å²) in [7, 11) is 0. The van der Waals surface area contributed by atoms with Gasteiger partial charge in [0.2, 0.25) is 5.91 Å². The lowest BCUT2D eigenvalue weighted by molar-refractivity contribution is -0.128. The third-order valence-electron chi connectivity index (χ3n) is 3.57. The number of nitrogens with zero attached hydrogens (tertiary/aromatic N) is 1. The van der Waals surface area contributed by atoms with E-state index < -0.39 is 0 Å². The summed E-state index contributed by atoms with van der Waals surface area (Å²) in [6.07, 6.45) is 0.660. The average molecular weight is 263 g/mol. The molecular weight excluding hydrogens is 242 g/mol. The highest BCUT2D eigenvalue weighted by molar-refractivity contribution is 7.80. The Morgan fingerprint density at radius 2 is 2.00 bits per heavy atom. The van der Waals surface area contributed by atoms with E-state index in [4.69, 9.17) is 0 Å². The minimum atomic E-state index is 0.266. The van der Waals surface area contributed by atoms with Crippen LogP contribution in [-0.2, 0) is 11.3 Å². The van der Waals surface area contributed by atoms with Crippen LogP contribution in [-0.4, -0.2) is 23.1 Å². The molecule has 0 spiro atoms. The van der Waals surface area contributed by atoms with Gasteiger partial charge in [0, 0.05) is 19.5 Å². The molecule has 18 heavy (non-hydrogen) atoms. The number of benzene rings is 1. The molecule has 0 aromatic heterocycles. The molecule has 1 amide bonds. The molecule has 0 radical (unpaired) electrons. The van der Waals surface area contributed by atoms with Crippen molar-refractivity contribution < 1.29 is 4.79 Å². The maximum atomic E-state index is 11.8. The van der Waals surface area contributed by atoms with E-state index in [9.17, 15) is 4.79 Å². The maximum absolute atomic E-state index is 11.8. The fourth-order valence-corrected chi connectivity index (χ4v) is 2.60. The summed E-state index contributed by atoms with van der Waals surface area (Å²) < 4.78 is 0. The molecule has 0 bridgehead atoms. The summed E-state index contributed by atoms with van der Waals surface area (Å²) in [5.74, 6) is 2.05. The van der Waals surface area contributed by atoms with Crippen molar-refractivity contribution in [2.24, 2.45) is 5.92 Å². The zero-order valence-corrected chi connectivity index (χ0v) is 12.0. The predicted octanol–water partition coefficient (Wildman–Crippen LogP) is 3.09. The van der Waals surface area contributed by atoms with Crippen LogP contribution < -0.4 is 0 Å². The molecule has 0 saturated carbocycles. The molecule has 2 nitrogen and oxygen atoms in total. The molecule has 1 atom stereocenters. The van der Waals surface area contributed by atoms with Gasteiger partial charge >= 0.3 is 0 Å². The lowest BCUT2D eigenvalue weighted by Crippen LogP contribution is -2.24. The second-order valence-electron chi connectivity index (χ2n) is 5.42. The first-order chi connectivity index (χ1) is 8.60. The van der Waals surface area contributed by atoms with Gasteiger partial charge in [0.25, 0.3) is 0 Å². The van der Waals surface area contributed by atoms with E-state index in [1.54, 1.807) is 0 Å². The summed E-state index contributed by atoms with van der Waals surface area (Å²) in [4.78, 5) is 13.8. The lowest BCUT2D eigenvalue weighted by atomic mass is 10.0. The van der Waals surface area contributed by atoms with Crippen LogP contribution in [0, 0.1) is 5.92 Å². The normalized spacial score (nSPS) is 19.9. The van der Waals surface area contributed by atoms with Gasteiger partial charge in [-0.2, -0.15) is 12.6 Å². The Morgan fingerprint density at radius 1 is 1.33 bits per heavy atom. The SMILES string of the molecule is CC(C)c1ccc(CN2CC(CS)CC2=O)cc1. The van der Waals surface area contributed by atoms with Gasteiger partial charge in [-0.25, -0.2) is 0 Å². The molecule has 1 aromatic rings. The zero-order valence-electron chi connectivity index (χ0n) is 11.1. The van der Waals surface area contributed by atoms with Crippen LogP contribution in [0.15, 0.2) is 24.3 Å². The molecule has 1 heterocycles. The summed E-state index contributed by atoms with van der Waals surface area (Å²) in [5.41, 5.74) is 2.56. The lowest BCUT2D eigenvalue weighted by Gasteiger charge is -2.17. The summed E-state index contributed by atoms with van der Waals surface area (Å²) in [6, 6.07) is 8.60. The summed E-state index contributed by atoms with van der Waals surface area (Å²) in [5, 5.41) is 0.